The first-order chi connectivity index (χ1) is 12.3. The number of ether oxygens (including phenoxy) is 1. The number of benzene rings is 2. The largest absolute Gasteiger partial charge is 0.495 e. The summed E-state index contributed by atoms with van der Waals surface area (Å²) in [5.41, 5.74) is 0.798. The van der Waals surface area contributed by atoms with Crippen LogP contribution in [0.15, 0.2) is 42.5 Å². The van der Waals surface area contributed by atoms with Gasteiger partial charge in [-0.05, 0) is 30.3 Å². The van der Waals surface area contributed by atoms with Gasteiger partial charge in [-0.2, -0.15) is 0 Å². The summed E-state index contributed by atoms with van der Waals surface area (Å²) < 4.78 is 5.21. The number of amides is 2. The molecule has 0 aromatic heterocycles. The zero-order valence-corrected chi connectivity index (χ0v) is 14.7. The highest BCUT2D eigenvalue weighted by Gasteiger charge is 2.16. The molecule has 0 spiro atoms. The first-order valence-corrected chi connectivity index (χ1v) is 7.96. The Morgan fingerprint density at radius 3 is 2.31 bits per heavy atom. The van der Waals surface area contributed by atoms with Gasteiger partial charge in [0.2, 0.25) is 5.91 Å². The summed E-state index contributed by atoms with van der Waals surface area (Å²) in [6.45, 7) is 3.50. The number of hydrogen-bond donors (Lipinski definition) is 3. The SMILES string of the molecule is COc1ccc(C(=O)Nc2ccccc2C(=O)O)cc1NC(=O)C(C)C. The average Bonchev–Trinajstić information content (AvgIpc) is 2.61. The maximum atomic E-state index is 12.5. The summed E-state index contributed by atoms with van der Waals surface area (Å²) in [7, 11) is 1.46. The number of anilines is 2. The summed E-state index contributed by atoms with van der Waals surface area (Å²) >= 11 is 0. The van der Waals surface area contributed by atoms with E-state index in [0.717, 1.165) is 0 Å². The normalized spacial score (nSPS) is 10.3. The molecule has 0 radical (unpaired) electrons. The van der Waals surface area contributed by atoms with Crippen molar-refractivity contribution in [3.8, 4) is 5.75 Å². The zero-order valence-electron chi connectivity index (χ0n) is 14.7. The lowest BCUT2D eigenvalue weighted by Crippen LogP contribution is -2.19. The van der Waals surface area contributed by atoms with Crippen LogP contribution in [0.5, 0.6) is 5.75 Å². The molecule has 7 heteroatoms. The molecular weight excluding hydrogens is 336 g/mol. The number of carbonyl (C=O) groups excluding carboxylic acids is 2. The topological polar surface area (TPSA) is 105 Å². The van der Waals surface area contributed by atoms with Gasteiger partial charge in [-0.15, -0.1) is 0 Å². The number of rotatable bonds is 6. The Morgan fingerprint density at radius 2 is 1.69 bits per heavy atom. The molecule has 7 nitrogen and oxygen atoms in total. The first kappa shape index (κ1) is 19.0. The van der Waals surface area contributed by atoms with Crippen molar-refractivity contribution in [2.24, 2.45) is 5.92 Å². The fraction of sp³-hybridized carbons (Fsp3) is 0.211. The third-order valence-electron chi connectivity index (χ3n) is 3.65. The summed E-state index contributed by atoms with van der Waals surface area (Å²) in [5, 5.41) is 14.5. The number of carboxylic acid groups (broad SMARTS) is 1. The van der Waals surface area contributed by atoms with Crippen LogP contribution in [0.4, 0.5) is 11.4 Å². The van der Waals surface area contributed by atoms with Crippen molar-refractivity contribution < 1.29 is 24.2 Å². The molecule has 0 saturated carbocycles. The molecule has 0 aliphatic carbocycles. The van der Waals surface area contributed by atoms with Crippen LogP contribution in [0.25, 0.3) is 0 Å². The molecule has 26 heavy (non-hydrogen) atoms. The van der Waals surface area contributed by atoms with Gasteiger partial charge < -0.3 is 20.5 Å². The van der Waals surface area contributed by atoms with Crippen LogP contribution in [0.2, 0.25) is 0 Å². The van der Waals surface area contributed by atoms with E-state index in [2.05, 4.69) is 10.6 Å². The van der Waals surface area contributed by atoms with E-state index in [1.165, 1.54) is 31.4 Å². The molecule has 0 heterocycles. The second-order valence-electron chi connectivity index (χ2n) is 5.86. The minimum Gasteiger partial charge on any atom is -0.495 e. The molecule has 0 saturated heterocycles. The quantitative estimate of drug-likeness (QED) is 0.737. The van der Waals surface area contributed by atoms with Crippen LogP contribution >= 0.6 is 0 Å². The smallest absolute Gasteiger partial charge is 0.337 e. The van der Waals surface area contributed by atoms with E-state index in [0.29, 0.717) is 11.4 Å². The van der Waals surface area contributed by atoms with E-state index in [9.17, 15) is 19.5 Å². The Balaban J connectivity index is 2.29. The molecule has 0 aliphatic rings. The fourth-order valence-corrected chi connectivity index (χ4v) is 2.20. The van der Waals surface area contributed by atoms with Gasteiger partial charge in [-0.25, -0.2) is 4.79 Å². The van der Waals surface area contributed by atoms with Gasteiger partial charge in [0.1, 0.15) is 5.75 Å². The van der Waals surface area contributed by atoms with Crippen molar-refractivity contribution >= 4 is 29.2 Å². The summed E-state index contributed by atoms with van der Waals surface area (Å²) in [6, 6.07) is 10.7. The third kappa shape index (κ3) is 4.38. The van der Waals surface area contributed by atoms with E-state index in [-0.39, 0.29) is 28.6 Å². The number of carboxylic acids is 1. The Labute approximate surface area is 151 Å². The summed E-state index contributed by atoms with van der Waals surface area (Å²) in [5.74, 6) is -1.67. The lowest BCUT2D eigenvalue weighted by atomic mass is 10.1. The lowest BCUT2D eigenvalue weighted by Gasteiger charge is -2.14. The van der Waals surface area contributed by atoms with Gasteiger partial charge in [0, 0.05) is 11.5 Å². The van der Waals surface area contributed by atoms with Crippen LogP contribution in [-0.2, 0) is 4.79 Å². The van der Waals surface area contributed by atoms with Gasteiger partial charge in [0.15, 0.2) is 0 Å². The molecule has 0 bridgehead atoms. The van der Waals surface area contributed by atoms with Crippen molar-refractivity contribution in [2.45, 2.75) is 13.8 Å². The van der Waals surface area contributed by atoms with Crippen LogP contribution in [0, 0.1) is 5.92 Å². The van der Waals surface area contributed by atoms with E-state index in [4.69, 9.17) is 4.74 Å². The zero-order chi connectivity index (χ0) is 19.3. The minimum atomic E-state index is -1.14. The van der Waals surface area contributed by atoms with Crippen LogP contribution in [0.1, 0.15) is 34.6 Å². The second kappa shape index (κ2) is 8.15. The van der Waals surface area contributed by atoms with Crippen LogP contribution in [0.3, 0.4) is 0 Å². The third-order valence-corrected chi connectivity index (χ3v) is 3.65. The number of hydrogen-bond acceptors (Lipinski definition) is 4. The van der Waals surface area contributed by atoms with Crippen molar-refractivity contribution in [1.82, 2.24) is 0 Å². The van der Waals surface area contributed by atoms with Crippen molar-refractivity contribution in [2.75, 3.05) is 17.7 Å². The van der Waals surface area contributed by atoms with Crippen LogP contribution < -0.4 is 15.4 Å². The highest BCUT2D eigenvalue weighted by Crippen LogP contribution is 2.27. The van der Waals surface area contributed by atoms with Gasteiger partial charge in [0.05, 0.1) is 24.0 Å². The summed E-state index contributed by atoms with van der Waals surface area (Å²) in [6.07, 6.45) is 0. The highest BCUT2D eigenvalue weighted by molar-refractivity contribution is 6.08. The molecule has 0 unspecified atom stereocenters. The lowest BCUT2D eigenvalue weighted by molar-refractivity contribution is -0.118. The van der Waals surface area contributed by atoms with E-state index < -0.39 is 11.9 Å². The van der Waals surface area contributed by atoms with Gasteiger partial charge in [-0.3, -0.25) is 9.59 Å². The summed E-state index contributed by atoms with van der Waals surface area (Å²) in [4.78, 5) is 35.7. The molecule has 2 amide bonds. The Bertz CT molecular complexity index is 846. The maximum absolute atomic E-state index is 12.5. The van der Waals surface area contributed by atoms with Crippen LogP contribution in [-0.4, -0.2) is 30.0 Å². The number of carbonyl (C=O) groups is 3. The van der Waals surface area contributed by atoms with E-state index in [1.54, 1.807) is 32.0 Å². The monoisotopic (exact) mass is 356 g/mol. The molecule has 0 atom stereocenters. The van der Waals surface area contributed by atoms with Gasteiger partial charge in [0.25, 0.3) is 5.91 Å². The van der Waals surface area contributed by atoms with Crippen molar-refractivity contribution in [1.29, 1.82) is 0 Å². The fourth-order valence-electron chi connectivity index (χ4n) is 2.20. The van der Waals surface area contributed by atoms with Crippen molar-refractivity contribution in [3.05, 3.63) is 53.6 Å². The highest BCUT2D eigenvalue weighted by atomic mass is 16.5. The molecule has 2 aromatic rings. The molecular formula is C19H20N2O5. The van der Waals surface area contributed by atoms with Gasteiger partial charge >= 0.3 is 5.97 Å². The predicted octanol–water partition coefficient (Wildman–Crippen LogP) is 3.24. The maximum Gasteiger partial charge on any atom is 0.337 e. The number of aromatic carboxylic acids is 1. The number of methoxy groups -OCH3 is 1. The molecule has 0 fully saturated rings. The number of nitrogens with one attached hydrogen (secondary N) is 2. The molecule has 2 rings (SSSR count). The molecule has 0 aliphatic heterocycles. The van der Waals surface area contributed by atoms with E-state index in [1.807, 2.05) is 0 Å². The van der Waals surface area contributed by atoms with Crippen molar-refractivity contribution in [3.63, 3.8) is 0 Å². The second-order valence-corrected chi connectivity index (χ2v) is 5.86. The standard InChI is InChI=1S/C19H20N2O5/c1-11(2)17(22)21-15-10-12(8-9-16(15)26-3)18(23)20-14-7-5-4-6-13(14)19(24)25/h4-11H,1-3H3,(H,20,23)(H,21,22)(H,24,25). The van der Waals surface area contributed by atoms with Gasteiger partial charge in [-0.1, -0.05) is 26.0 Å². The molecule has 2 aromatic carbocycles. The molecule has 136 valence electrons. The minimum absolute atomic E-state index is 0.0114. The first-order valence-electron chi connectivity index (χ1n) is 7.96. The number of para-hydroxylation sites is 1. The Morgan fingerprint density at radius 1 is 1.00 bits per heavy atom. The average molecular weight is 356 g/mol. The predicted molar refractivity (Wildman–Crippen MR) is 97.8 cm³/mol. The van der Waals surface area contributed by atoms with E-state index >= 15 is 0 Å². The Hall–Kier alpha value is -3.35. The molecule has 3 N–H and O–H groups in total. The Kier molecular flexibility index (Phi) is 5.95.